The van der Waals surface area contributed by atoms with Gasteiger partial charge in [0.25, 0.3) is 11.5 Å². The van der Waals surface area contributed by atoms with Crippen molar-refractivity contribution in [3.05, 3.63) is 46.4 Å². The second-order valence-electron chi connectivity index (χ2n) is 4.31. The number of carboxylic acids is 1. The van der Waals surface area contributed by atoms with Gasteiger partial charge in [0.05, 0.1) is 0 Å². The van der Waals surface area contributed by atoms with E-state index in [1.54, 1.807) is 37.3 Å². The van der Waals surface area contributed by atoms with Crippen LogP contribution in [0.4, 0.5) is 0 Å². The molecule has 1 aromatic heterocycles. The third kappa shape index (κ3) is 2.69. The standard InChI is InChI=1S/C14H14N2O4/c1-2-16(8-12(17)18)14(20)11-7-9-5-3-4-6-10(9)13(19)15-11/h3-7H,2,8H2,1H3,(H,15,19)(H,17,18). The van der Waals surface area contributed by atoms with Crippen molar-refractivity contribution >= 4 is 22.6 Å². The molecule has 0 radical (unpaired) electrons. The summed E-state index contributed by atoms with van der Waals surface area (Å²) in [6.45, 7) is 1.53. The van der Waals surface area contributed by atoms with Crippen molar-refractivity contribution in [3.63, 3.8) is 0 Å². The maximum atomic E-state index is 12.2. The summed E-state index contributed by atoms with van der Waals surface area (Å²) in [5.74, 6) is -1.60. The molecule has 2 aromatic rings. The predicted octanol–water partition coefficient (Wildman–Crippen LogP) is 1.07. The van der Waals surface area contributed by atoms with Crippen LogP contribution in [0.15, 0.2) is 35.1 Å². The molecule has 2 N–H and O–H groups in total. The van der Waals surface area contributed by atoms with Crippen molar-refractivity contribution in [1.82, 2.24) is 9.88 Å². The van der Waals surface area contributed by atoms with E-state index in [-0.39, 0.29) is 17.8 Å². The fourth-order valence-corrected chi connectivity index (χ4v) is 1.99. The zero-order valence-corrected chi connectivity index (χ0v) is 10.9. The number of nitrogens with one attached hydrogen (secondary N) is 1. The van der Waals surface area contributed by atoms with Crippen LogP contribution < -0.4 is 5.56 Å². The molecule has 20 heavy (non-hydrogen) atoms. The lowest BCUT2D eigenvalue weighted by molar-refractivity contribution is -0.137. The average Bonchev–Trinajstić information content (AvgIpc) is 2.43. The zero-order chi connectivity index (χ0) is 14.7. The molecule has 0 aliphatic rings. The second kappa shape index (κ2) is 5.56. The number of aliphatic carboxylic acids is 1. The number of fused-ring (bicyclic) bond motifs is 1. The molecule has 1 heterocycles. The Morgan fingerprint density at radius 3 is 2.65 bits per heavy atom. The van der Waals surface area contributed by atoms with Gasteiger partial charge in [0.2, 0.25) is 0 Å². The summed E-state index contributed by atoms with van der Waals surface area (Å²) in [6, 6.07) is 8.46. The number of rotatable bonds is 4. The Labute approximate surface area is 114 Å². The summed E-state index contributed by atoms with van der Waals surface area (Å²) >= 11 is 0. The summed E-state index contributed by atoms with van der Waals surface area (Å²) in [7, 11) is 0. The molecule has 0 aliphatic heterocycles. The predicted molar refractivity (Wildman–Crippen MR) is 73.8 cm³/mol. The van der Waals surface area contributed by atoms with Crippen molar-refractivity contribution in [2.24, 2.45) is 0 Å². The first-order valence-electron chi connectivity index (χ1n) is 6.16. The topological polar surface area (TPSA) is 90.5 Å². The van der Waals surface area contributed by atoms with E-state index in [4.69, 9.17) is 5.11 Å². The van der Waals surface area contributed by atoms with Crippen LogP contribution in [0.2, 0.25) is 0 Å². The number of aromatic amines is 1. The van der Waals surface area contributed by atoms with E-state index >= 15 is 0 Å². The van der Waals surface area contributed by atoms with E-state index in [2.05, 4.69) is 4.98 Å². The SMILES string of the molecule is CCN(CC(=O)O)C(=O)c1cc2ccccc2c(=O)[nH]1. The minimum absolute atomic E-state index is 0.0943. The lowest BCUT2D eigenvalue weighted by atomic mass is 10.1. The number of H-pyrrole nitrogens is 1. The van der Waals surface area contributed by atoms with Gasteiger partial charge < -0.3 is 15.0 Å². The summed E-state index contributed by atoms with van der Waals surface area (Å²) in [5.41, 5.74) is -0.269. The van der Waals surface area contributed by atoms with Crippen molar-refractivity contribution < 1.29 is 14.7 Å². The molecule has 0 aliphatic carbocycles. The van der Waals surface area contributed by atoms with E-state index < -0.39 is 18.4 Å². The number of likely N-dealkylation sites (N-methyl/N-ethyl adjacent to an activating group) is 1. The molecule has 2 rings (SSSR count). The van der Waals surface area contributed by atoms with Gasteiger partial charge in [0, 0.05) is 11.9 Å². The molecule has 1 aromatic carbocycles. The maximum absolute atomic E-state index is 12.2. The van der Waals surface area contributed by atoms with Crippen LogP contribution in [0.5, 0.6) is 0 Å². The van der Waals surface area contributed by atoms with Gasteiger partial charge in [-0.2, -0.15) is 0 Å². The number of amides is 1. The first-order valence-corrected chi connectivity index (χ1v) is 6.16. The minimum Gasteiger partial charge on any atom is -0.480 e. The Morgan fingerprint density at radius 2 is 2.00 bits per heavy atom. The van der Waals surface area contributed by atoms with Crippen molar-refractivity contribution in [2.45, 2.75) is 6.92 Å². The fourth-order valence-electron chi connectivity index (χ4n) is 1.99. The Bertz CT molecular complexity index is 720. The molecule has 6 heteroatoms. The van der Waals surface area contributed by atoms with Crippen LogP contribution >= 0.6 is 0 Å². The molecule has 1 amide bonds. The molecule has 0 fully saturated rings. The van der Waals surface area contributed by atoms with Crippen molar-refractivity contribution in [1.29, 1.82) is 0 Å². The number of hydrogen-bond donors (Lipinski definition) is 2. The van der Waals surface area contributed by atoms with Gasteiger partial charge in [-0.15, -0.1) is 0 Å². The highest BCUT2D eigenvalue weighted by Gasteiger charge is 2.18. The van der Waals surface area contributed by atoms with Gasteiger partial charge in [0.15, 0.2) is 0 Å². The first-order chi connectivity index (χ1) is 9.52. The first kappa shape index (κ1) is 13.8. The minimum atomic E-state index is -1.09. The van der Waals surface area contributed by atoms with E-state index in [9.17, 15) is 14.4 Å². The second-order valence-corrected chi connectivity index (χ2v) is 4.31. The highest BCUT2D eigenvalue weighted by atomic mass is 16.4. The number of carbonyl (C=O) groups is 2. The lowest BCUT2D eigenvalue weighted by Crippen LogP contribution is -2.36. The molecular weight excluding hydrogens is 260 g/mol. The lowest BCUT2D eigenvalue weighted by Gasteiger charge is -2.18. The van der Waals surface area contributed by atoms with Gasteiger partial charge in [-0.3, -0.25) is 14.4 Å². The van der Waals surface area contributed by atoms with Gasteiger partial charge in [0.1, 0.15) is 12.2 Å². The number of pyridine rings is 1. The summed E-state index contributed by atoms with van der Waals surface area (Å²) in [4.78, 5) is 38.5. The van der Waals surface area contributed by atoms with Crippen LogP contribution in [0.25, 0.3) is 10.8 Å². The molecule has 6 nitrogen and oxygen atoms in total. The maximum Gasteiger partial charge on any atom is 0.323 e. The van der Waals surface area contributed by atoms with E-state index in [0.717, 1.165) is 4.90 Å². The summed E-state index contributed by atoms with van der Waals surface area (Å²) in [5, 5.41) is 9.91. The van der Waals surface area contributed by atoms with E-state index in [1.807, 2.05) is 0 Å². The van der Waals surface area contributed by atoms with Crippen LogP contribution in [-0.2, 0) is 4.79 Å². The van der Waals surface area contributed by atoms with Crippen molar-refractivity contribution in [2.75, 3.05) is 13.1 Å². The summed E-state index contributed by atoms with van der Waals surface area (Å²) in [6.07, 6.45) is 0. The Kier molecular flexibility index (Phi) is 3.84. The van der Waals surface area contributed by atoms with Crippen molar-refractivity contribution in [3.8, 4) is 0 Å². The van der Waals surface area contributed by atoms with Gasteiger partial charge in [-0.05, 0) is 24.4 Å². The zero-order valence-electron chi connectivity index (χ0n) is 10.9. The molecular formula is C14H14N2O4. The van der Waals surface area contributed by atoms with Crippen LogP contribution in [0.3, 0.4) is 0 Å². The molecule has 0 spiro atoms. The molecule has 0 unspecified atom stereocenters. The smallest absolute Gasteiger partial charge is 0.323 e. The number of hydrogen-bond acceptors (Lipinski definition) is 3. The molecule has 0 saturated carbocycles. The quantitative estimate of drug-likeness (QED) is 0.872. The Balaban J connectivity index is 2.44. The highest BCUT2D eigenvalue weighted by molar-refractivity contribution is 5.97. The number of carbonyl (C=O) groups excluding carboxylic acids is 1. The average molecular weight is 274 g/mol. The molecule has 104 valence electrons. The highest BCUT2D eigenvalue weighted by Crippen LogP contribution is 2.11. The van der Waals surface area contributed by atoms with Crippen LogP contribution in [0.1, 0.15) is 17.4 Å². The normalized spacial score (nSPS) is 10.4. The van der Waals surface area contributed by atoms with Gasteiger partial charge in [-0.25, -0.2) is 0 Å². The van der Waals surface area contributed by atoms with Crippen LogP contribution in [0, 0.1) is 0 Å². The van der Waals surface area contributed by atoms with Gasteiger partial charge in [-0.1, -0.05) is 18.2 Å². The third-order valence-corrected chi connectivity index (χ3v) is 2.98. The number of aromatic nitrogens is 1. The Morgan fingerprint density at radius 1 is 1.30 bits per heavy atom. The molecule has 0 atom stereocenters. The molecule has 0 saturated heterocycles. The molecule has 0 bridgehead atoms. The fraction of sp³-hybridized carbons (Fsp3) is 0.214. The van der Waals surface area contributed by atoms with Gasteiger partial charge >= 0.3 is 5.97 Å². The largest absolute Gasteiger partial charge is 0.480 e. The van der Waals surface area contributed by atoms with E-state index in [1.165, 1.54) is 0 Å². The van der Waals surface area contributed by atoms with Crippen LogP contribution in [-0.4, -0.2) is 40.0 Å². The summed E-state index contributed by atoms with van der Waals surface area (Å²) < 4.78 is 0. The number of carboxylic acid groups (broad SMARTS) is 1. The number of nitrogens with zero attached hydrogens (tertiary/aromatic N) is 1. The third-order valence-electron chi connectivity index (χ3n) is 2.98. The van der Waals surface area contributed by atoms with E-state index in [0.29, 0.717) is 10.8 Å². The Hall–Kier alpha value is -2.63. The number of benzene rings is 1. The monoisotopic (exact) mass is 274 g/mol.